The van der Waals surface area contributed by atoms with E-state index >= 15 is 0 Å². The summed E-state index contributed by atoms with van der Waals surface area (Å²) >= 11 is 0. The van der Waals surface area contributed by atoms with Crippen molar-refractivity contribution in [1.82, 2.24) is 5.16 Å². The molecule has 1 heterocycles. The summed E-state index contributed by atoms with van der Waals surface area (Å²) in [6, 6.07) is 12.1. The normalized spacial score (nSPS) is 10.7. The van der Waals surface area contributed by atoms with Gasteiger partial charge in [0.2, 0.25) is 5.91 Å². The number of nitrogens with two attached hydrogens (primary N) is 1. The Morgan fingerprint density at radius 2 is 1.74 bits per heavy atom. The molecule has 0 unspecified atom stereocenters. The molecule has 0 aliphatic carbocycles. The molecule has 0 spiro atoms. The smallest absolute Gasteiger partial charge is 0.249 e. The maximum atomic E-state index is 12.4. The zero-order chi connectivity index (χ0) is 28.1. The van der Waals surface area contributed by atoms with Gasteiger partial charge in [0.1, 0.15) is 5.76 Å². The van der Waals surface area contributed by atoms with Gasteiger partial charge in [-0.05, 0) is 79.5 Å². The lowest BCUT2D eigenvalue weighted by Crippen LogP contribution is -2.14. The van der Waals surface area contributed by atoms with Crippen molar-refractivity contribution in [2.24, 2.45) is 5.73 Å². The monoisotopic (exact) mass is 516 g/mol. The number of allylic oxidation sites excluding steroid dienone is 5. The molecule has 0 aliphatic heterocycles. The number of rotatable bonds is 7. The Bertz CT molecular complexity index is 1220. The molecule has 1 amide bonds. The van der Waals surface area contributed by atoms with Crippen molar-refractivity contribution in [2.75, 3.05) is 0 Å². The maximum Gasteiger partial charge on any atom is 0.249 e. The van der Waals surface area contributed by atoms with E-state index in [4.69, 9.17) is 10.3 Å². The van der Waals surface area contributed by atoms with Crippen LogP contribution in [0.4, 0.5) is 0 Å². The predicted molar refractivity (Wildman–Crippen MR) is 166 cm³/mol. The molecule has 3 aromatic rings. The number of hydrogen-bond donors (Lipinski definition) is 1. The van der Waals surface area contributed by atoms with Crippen molar-refractivity contribution >= 4 is 5.91 Å². The molecule has 3 rings (SSSR count). The number of carbonyl (C=O) groups is 1. The topological polar surface area (TPSA) is 69.1 Å². The summed E-state index contributed by atoms with van der Waals surface area (Å²) in [5, 5.41) is 4.05. The number of benzene rings is 2. The third kappa shape index (κ3) is 8.72. The van der Waals surface area contributed by atoms with E-state index < -0.39 is 5.91 Å². The molecular weight excluding hydrogens is 468 g/mol. The molecule has 4 nitrogen and oxygen atoms in total. The summed E-state index contributed by atoms with van der Waals surface area (Å²) < 4.78 is 5.32. The first-order chi connectivity index (χ1) is 17.7. The summed E-state index contributed by atoms with van der Waals surface area (Å²) in [6.45, 7) is 21.9. The standard InChI is InChI=1S/C22H24N2O2.C9H14.C2H6.CH4/c1-12(2)18-10-16(20-14(4)24-26-15(20)5)11-19(22(23)25)21(18)17-9-7-6-8-13(17)3;1-4-7-8-9(5-2)6-3;1-2;/h6-12H,1-5H3,(H2,23,25);4-5,7-8H,2,6H2,1,3H3;1-2H3;1H4/b;7-4-,9-8+;;. The first kappa shape index (κ1) is 34.3. The van der Waals surface area contributed by atoms with Crippen LogP contribution in [0.3, 0.4) is 0 Å². The molecule has 0 radical (unpaired) electrons. The average molecular weight is 517 g/mol. The summed E-state index contributed by atoms with van der Waals surface area (Å²) in [7, 11) is 0. The van der Waals surface area contributed by atoms with Gasteiger partial charge >= 0.3 is 0 Å². The molecule has 0 bridgehead atoms. The van der Waals surface area contributed by atoms with Crippen molar-refractivity contribution in [1.29, 1.82) is 0 Å². The van der Waals surface area contributed by atoms with Crippen LogP contribution in [0.25, 0.3) is 22.3 Å². The Labute approximate surface area is 231 Å². The summed E-state index contributed by atoms with van der Waals surface area (Å²) in [5.74, 6) is 0.526. The van der Waals surface area contributed by atoms with Gasteiger partial charge in [0.25, 0.3) is 0 Å². The van der Waals surface area contributed by atoms with Crippen LogP contribution < -0.4 is 5.73 Å². The summed E-state index contributed by atoms with van der Waals surface area (Å²) in [6.07, 6.45) is 9.07. The lowest BCUT2D eigenvalue weighted by Gasteiger charge is -2.20. The highest BCUT2D eigenvalue weighted by Crippen LogP contribution is 2.39. The molecule has 38 heavy (non-hydrogen) atoms. The van der Waals surface area contributed by atoms with Crippen molar-refractivity contribution in [3.05, 3.63) is 101 Å². The first-order valence-corrected chi connectivity index (χ1v) is 13.1. The van der Waals surface area contributed by atoms with Gasteiger partial charge in [-0.1, -0.05) is 108 Å². The molecule has 0 atom stereocenters. The average Bonchev–Trinajstić information content (AvgIpc) is 3.23. The molecule has 0 saturated carbocycles. The maximum absolute atomic E-state index is 12.4. The second-order valence-electron chi connectivity index (χ2n) is 8.85. The van der Waals surface area contributed by atoms with E-state index in [1.165, 1.54) is 5.57 Å². The molecule has 2 aromatic carbocycles. The van der Waals surface area contributed by atoms with Gasteiger partial charge in [-0.2, -0.15) is 0 Å². The number of nitrogens with zero attached hydrogens (tertiary/aromatic N) is 1. The van der Waals surface area contributed by atoms with Gasteiger partial charge in [-0.15, -0.1) is 0 Å². The molecule has 4 heteroatoms. The molecule has 0 aliphatic rings. The molecule has 2 N–H and O–H groups in total. The number of amides is 1. The van der Waals surface area contributed by atoms with Crippen molar-refractivity contribution in [3.63, 3.8) is 0 Å². The molecule has 0 fully saturated rings. The van der Waals surface area contributed by atoms with Crippen molar-refractivity contribution < 1.29 is 9.32 Å². The van der Waals surface area contributed by atoms with Crippen molar-refractivity contribution in [3.8, 4) is 22.3 Å². The van der Waals surface area contributed by atoms with Crippen LogP contribution in [-0.2, 0) is 0 Å². The van der Waals surface area contributed by atoms with Crippen LogP contribution in [0.1, 0.15) is 94.2 Å². The lowest BCUT2D eigenvalue weighted by molar-refractivity contribution is 0.100. The highest BCUT2D eigenvalue weighted by atomic mass is 16.5. The third-order valence-corrected chi connectivity index (χ3v) is 5.97. The number of aryl methyl sites for hydroxylation is 3. The Morgan fingerprint density at radius 3 is 2.18 bits per heavy atom. The van der Waals surface area contributed by atoms with Crippen LogP contribution >= 0.6 is 0 Å². The number of primary amides is 1. The first-order valence-electron chi connectivity index (χ1n) is 13.1. The van der Waals surface area contributed by atoms with Crippen LogP contribution in [0.15, 0.2) is 77.4 Å². The molecule has 1 aromatic heterocycles. The Kier molecular flexibility index (Phi) is 15.3. The van der Waals surface area contributed by atoms with Gasteiger partial charge in [0.05, 0.1) is 5.69 Å². The minimum absolute atomic E-state index is 0. The van der Waals surface area contributed by atoms with E-state index in [2.05, 4.69) is 44.6 Å². The Balaban J connectivity index is 0.000000976. The predicted octanol–water partition coefficient (Wildman–Crippen LogP) is 9.90. The SMILES string of the molecule is C.C=C/C(=C\C=C/C)CC.CC.Cc1ccccc1-c1c(C(N)=O)cc(-c2c(C)noc2C)cc1C(C)C. The van der Waals surface area contributed by atoms with Crippen molar-refractivity contribution in [2.45, 2.75) is 82.1 Å². The van der Waals surface area contributed by atoms with Crippen LogP contribution in [-0.4, -0.2) is 11.1 Å². The van der Waals surface area contributed by atoms with Gasteiger partial charge in [0.15, 0.2) is 0 Å². The van der Waals surface area contributed by atoms with Crippen LogP contribution in [0.2, 0.25) is 0 Å². The highest BCUT2D eigenvalue weighted by Gasteiger charge is 2.22. The molecular formula is C34H48N2O2. The van der Waals surface area contributed by atoms with Crippen LogP contribution in [0.5, 0.6) is 0 Å². The number of hydrogen-bond acceptors (Lipinski definition) is 3. The van der Waals surface area contributed by atoms with E-state index in [1.807, 2.05) is 90.1 Å². The number of aromatic nitrogens is 1. The van der Waals surface area contributed by atoms with E-state index in [9.17, 15) is 4.79 Å². The van der Waals surface area contributed by atoms with E-state index in [1.54, 1.807) is 0 Å². The summed E-state index contributed by atoms with van der Waals surface area (Å²) in [4.78, 5) is 12.4. The Morgan fingerprint density at radius 1 is 1.11 bits per heavy atom. The third-order valence-electron chi connectivity index (χ3n) is 5.97. The quantitative estimate of drug-likeness (QED) is 0.318. The highest BCUT2D eigenvalue weighted by molar-refractivity contribution is 6.02. The Hall–Kier alpha value is -3.66. The van der Waals surface area contributed by atoms with Gasteiger partial charge in [0, 0.05) is 11.1 Å². The molecule has 0 saturated heterocycles. The van der Waals surface area contributed by atoms with E-state index in [0.29, 0.717) is 5.56 Å². The molecule has 206 valence electrons. The fourth-order valence-corrected chi connectivity index (χ4v) is 4.06. The number of carbonyl (C=O) groups excluding carboxylic acids is 1. The lowest BCUT2D eigenvalue weighted by atomic mass is 9.84. The van der Waals surface area contributed by atoms with E-state index in [-0.39, 0.29) is 13.3 Å². The van der Waals surface area contributed by atoms with E-state index in [0.717, 1.165) is 51.3 Å². The zero-order valence-electron chi connectivity index (χ0n) is 24.1. The zero-order valence-corrected chi connectivity index (χ0v) is 24.1. The minimum atomic E-state index is -0.432. The largest absolute Gasteiger partial charge is 0.366 e. The van der Waals surface area contributed by atoms with Gasteiger partial charge in [-0.25, -0.2) is 0 Å². The summed E-state index contributed by atoms with van der Waals surface area (Å²) in [5.41, 5.74) is 14.4. The van der Waals surface area contributed by atoms with Gasteiger partial charge < -0.3 is 10.3 Å². The fourth-order valence-electron chi connectivity index (χ4n) is 4.06. The fraction of sp³-hybridized carbons (Fsp3) is 0.353. The minimum Gasteiger partial charge on any atom is -0.366 e. The second kappa shape index (κ2) is 17.0. The van der Waals surface area contributed by atoms with Gasteiger partial charge in [-0.3, -0.25) is 4.79 Å². The van der Waals surface area contributed by atoms with Crippen LogP contribution in [0, 0.1) is 20.8 Å². The second-order valence-corrected chi connectivity index (χ2v) is 8.85.